The lowest BCUT2D eigenvalue weighted by molar-refractivity contribution is 0.00169. The van der Waals surface area contributed by atoms with E-state index in [1.165, 1.54) is 0 Å². The van der Waals surface area contributed by atoms with Gasteiger partial charge in [-0.05, 0) is 44.7 Å². The highest BCUT2D eigenvalue weighted by Crippen LogP contribution is 2.33. The highest BCUT2D eigenvalue weighted by molar-refractivity contribution is 5.84. The van der Waals surface area contributed by atoms with Crippen LogP contribution in [0.25, 0.3) is 22.2 Å². The molecular formula is C22H31N5O6. The number of nitrogens with two attached hydrogens (primary N) is 1. The molecule has 0 amide bonds. The molecule has 11 heteroatoms. The van der Waals surface area contributed by atoms with Crippen molar-refractivity contribution in [3.8, 4) is 17.0 Å². The predicted molar refractivity (Wildman–Crippen MR) is 124 cm³/mol. The average Bonchev–Trinajstić information content (AvgIpc) is 2.78. The molecule has 0 bridgehead atoms. The number of aryl methyl sites for hydroxylation is 1. The van der Waals surface area contributed by atoms with Crippen LogP contribution in [0.1, 0.15) is 37.4 Å². The van der Waals surface area contributed by atoms with Crippen LogP contribution in [0.5, 0.6) is 5.88 Å². The first-order valence-corrected chi connectivity index (χ1v) is 10.4. The Labute approximate surface area is 190 Å². The van der Waals surface area contributed by atoms with Gasteiger partial charge in [-0.3, -0.25) is 9.36 Å². The minimum Gasteiger partial charge on any atom is -0.481 e. The van der Waals surface area contributed by atoms with Gasteiger partial charge >= 0.3 is 0 Å². The minimum atomic E-state index is -0.128. The molecule has 0 aromatic carbocycles. The number of ether oxygens (including phenoxy) is 2. The lowest BCUT2D eigenvalue weighted by Gasteiger charge is -2.30. The Kier molecular flexibility index (Phi) is 8.83. The van der Waals surface area contributed by atoms with Gasteiger partial charge in [-0.1, -0.05) is 0 Å². The SMILES string of the molecule is COc1ccc(-c2cc3c(C)nc(N)nc3n(C3CCC(OCCO)CC3)c2=O)cn1.O.O. The van der Waals surface area contributed by atoms with Gasteiger partial charge in [0.1, 0.15) is 5.65 Å². The Bertz CT molecular complexity index is 1130. The molecule has 1 saturated carbocycles. The van der Waals surface area contributed by atoms with Crippen LogP contribution >= 0.6 is 0 Å². The van der Waals surface area contributed by atoms with E-state index in [0.29, 0.717) is 29.3 Å². The fourth-order valence-corrected chi connectivity index (χ4v) is 4.27. The van der Waals surface area contributed by atoms with Gasteiger partial charge in [-0.25, -0.2) is 9.97 Å². The molecule has 11 nitrogen and oxygen atoms in total. The van der Waals surface area contributed by atoms with Crippen molar-refractivity contribution in [3.63, 3.8) is 0 Å². The summed E-state index contributed by atoms with van der Waals surface area (Å²) < 4.78 is 12.6. The van der Waals surface area contributed by atoms with Crippen molar-refractivity contribution >= 4 is 17.0 Å². The number of aromatic nitrogens is 4. The Balaban J connectivity index is 0.00000193. The third-order valence-electron chi connectivity index (χ3n) is 5.81. The Morgan fingerprint density at radius 1 is 1.18 bits per heavy atom. The molecule has 33 heavy (non-hydrogen) atoms. The van der Waals surface area contributed by atoms with Crippen molar-refractivity contribution in [2.24, 2.45) is 0 Å². The van der Waals surface area contributed by atoms with Crippen molar-refractivity contribution in [1.82, 2.24) is 19.5 Å². The van der Waals surface area contributed by atoms with Crippen LogP contribution in [0, 0.1) is 6.92 Å². The summed E-state index contributed by atoms with van der Waals surface area (Å²) in [7, 11) is 1.55. The van der Waals surface area contributed by atoms with Gasteiger partial charge < -0.3 is 31.3 Å². The number of nitrogens with zero attached hydrogens (tertiary/aromatic N) is 4. The summed E-state index contributed by atoms with van der Waals surface area (Å²) in [6.07, 6.45) is 4.91. The van der Waals surface area contributed by atoms with Crippen molar-refractivity contribution in [1.29, 1.82) is 0 Å². The zero-order chi connectivity index (χ0) is 22.0. The largest absolute Gasteiger partial charge is 0.481 e. The van der Waals surface area contributed by atoms with Gasteiger partial charge in [0.15, 0.2) is 0 Å². The lowest BCUT2D eigenvalue weighted by atomic mass is 9.92. The van der Waals surface area contributed by atoms with Crippen LogP contribution < -0.4 is 16.0 Å². The molecule has 0 unspecified atom stereocenters. The number of methoxy groups -OCH3 is 1. The second-order valence-electron chi connectivity index (χ2n) is 7.75. The van der Waals surface area contributed by atoms with E-state index < -0.39 is 0 Å². The highest BCUT2D eigenvalue weighted by Gasteiger charge is 2.27. The second-order valence-corrected chi connectivity index (χ2v) is 7.75. The maximum absolute atomic E-state index is 13.7. The molecule has 0 radical (unpaired) electrons. The molecule has 0 spiro atoms. The molecule has 4 rings (SSSR count). The maximum Gasteiger partial charge on any atom is 0.260 e. The zero-order valence-electron chi connectivity index (χ0n) is 18.7. The number of hydrogen-bond acceptors (Lipinski definition) is 8. The van der Waals surface area contributed by atoms with Crippen molar-refractivity contribution in [2.45, 2.75) is 44.8 Å². The molecule has 180 valence electrons. The third-order valence-corrected chi connectivity index (χ3v) is 5.81. The van der Waals surface area contributed by atoms with E-state index >= 15 is 0 Å². The van der Waals surface area contributed by atoms with Crippen LogP contribution in [0.4, 0.5) is 5.95 Å². The number of rotatable bonds is 6. The van der Waals surface area contributed by atoms with Crippen molar-refractivity contribution in [3.05, 3.63) is 40.4 Å². The molecule has 0 saturated heterocycles. The fraction of sp³-hybridized carbons (Fsp3) is 0.455. The van der Waals surface area contributed by atoms with Crippen LogP contribution in [0.3, 0.4) is 0 Å². The first kappa shape index (κ1) is 26.1. The topological polar surface area (TPSA) is 188 Å². The molecule has 0 aliphatic heterocycles. The number of aliphatic hydroxyl groups is 1. The molecule has 3 aromatic heterocycles. The first-order valence-electron chi connectivity index (χ1n) is 10.4. The highest BCUT2D eigenvalue weighted by atomic mass is 16.5. The van der Waals surface area contributed by atoms with Crippen molar-refractivity contribution < 1.29 is 25.5 Å². The standard InChI is InChI=1S/C22H27N5O4.2H2O/c1-13-17-11-18(14-3-8-19(30-2)24-12-14)21(29)27(20(17)26-22(23)25-13)15-4-6-16(7-5-15)31-10-9-28;;/h3,8,11-12,15-16,28H,4-7,9-10H2,1-2H3,(H2,23,25,26);2*1H2. The summed E-state index contributed by atoms with van der Waals surface area (Å²) >= 11 is 0. The molecule has 1 fully saturated rings. The summed E-state index contributed by atoms with van der Waals surface area (Å²) in [5.74, 6) is 0.635. The normalized spacial score (nSPS) is 17.8. The fourth-order valence-electron chi connectivity index (χ4n) is 4.27. The summed E-state index contributed by atoms with van der Waals surface area (Å²) in [5.41, 5.74) is 8.32. The molecule has 0 atom stereocenters. The van der Waals surface area contributed by atoms with Gasteiger partial charge in [-0.15, -0.1) is 0 Å². The number of aliphatic hydroxyl groups excluding tert-OH is 1. The van der Waals surface area contributed by atoms with Gasteiger partial charge in [0.25, 0.3) is 5.56 Å². The van der Waals surface area contributed by atoms with Gasteiger partial charge in [0.2, 0.25) is 11.8 Å². The molecule has 3 heterocycles. The lowest BCUT2D eigenvalue weighted by Crippen LogP contribution is -2.32. The zero-order valence-corrected chi connectivity index (χ0v) is 18.7. The van der Waals surface area contributed by atoms with E-state index in [4.69, 9.17) is 20.3 Å². The average molecular weight is 462 g/mol. The quantitative estimate of drug-likeness (QED) is 0.533. The first-order chi connectivity index (χ1) is 15.0. The van der Waals surface area contributed by atoms with E-state index in [1.54, 1.807) is 23.9 Å². The summed E-state index contributed by atoms with van der Waals surface area (Å²) in [4.78, 5) is 26.6. The summed E-state index contributed by atoms with van der Waals surface area (Å²) in [5, 5.41) is 9.79. The Hall–Kier alpha value is -3.12. The molecular weight excluding hydrogens is 430 g/mol. The van der Waals surface area contributed by atoms with Crippen LogP contribution in [0.15, 0.2) is 29.2 Å². The van der Waals surface area contributed by atoms with Gasteiger partial charge in [0, 0.05) is 34.8 Å². The predicted octanol–water partition coefficient (Wildman–Crippen LogP) is 0.596. The third kappa shape index (κ3) is 5.28. The number of hydrogen-bond donors (Lipinski definition) is 2. The van der Waals surface area contributed by atoms with Crippen LogP contribution in [-0.4, -0.2) is 62.0 Å². The second kappa shape index (κ2) is 11.1. The van der Waals surface area contributed by atoms with Crippen LogP contribution in [0.2, 0.25) is 0 Å². The van der Waals surface area contributed by atoms with E-state index in [0.717, 1.165) is 36.8 Å². The summed E-state index contributed by atoms with van der Waals surface area (Å²) in [6.45, 7) is 2.21. The molecule has 1 aliphatic rings. The minimum absolute atomic E-state index is 0. The number of pyridine rings is 2. The van der Waals surface area contributed by atoms with Gasteiger partial charge in [-0.2, -0.15) is 4.98 Å². The molecule has 7 N–H and O–H groups in total. The number of nitrogen functional groups attached to an aromatic ring is 1. The van der Waals surface area contributed by atoms with E-state index in [-0.39, 0.29) is 41.2 Å². The molecule has 3 aromatic rings. The van der Waals surface area contributed by atoms with Gasteiger partial charge in [0.05, 0.1) is 32.1 Å². The smallest absolute Gasteiger partial charge is 0.260 e. The molecule has 1 aliphatic carbocycles. The monoisotopic (exact) mass is 461 g/mol. The van der Waals surface area contributed by atoms with E-state index in [2.05, 4.69) is 15.0 Å². The summed E-state index contributed by atoms with van der Waals surface area (Å²) in [6, 6.07) is 5.36. The Morgan fingerprint density at radius 3 is 2.52 bits per heavy atom. The number of fused-ring (bicyclic) bond motifs is 1. The number of anilines is 1. The van der Waals surface area contributed by atoms with Crippen molar-refractivity contribution in [2.75, 3.05) is 26.1 Å². The maximum atomic E-state index is 13.7. The Morgan fingerprint density at radius 2 is 1.91 bits per heavy atom. The van der Waals surface area contributed by atoms with Crippen LogP contribution in [-0.2, 0) is 4.74 Å². The van der Waals surface area contributed by atoms with E-state index in [9.17, 15) is 4.79 Å². The van der Waals surface area contributed by atoms with E-state index in [1.807, 2.05) is 19.1 Å².